The van der Waals surface area contributed by atoms with Crippen molar-refractivity contribution >= 4 is 12.1 Å². The molecule has 2 aliphatic rings. The minimum absolute atomic E-state index is 0.273. The van der Waals surface area contributed by atoms with Crippen molar-refractivity contribution in [2.75, 3.05) is 6.54 Å². The number of rotatable bonds is 1. The summed E-state index contributed by atoms with van der Waals surface area (Å²) < 4.78 is 5.43. The smallest absolute Gasteiger partial charge is 0.410 e. The maximum atomic E-state index is 12.4. The Kier molecular flexibility index (Phi) is 3.80. The zero-order valence-electron chi connectivity index (χ0n) is 12.4. The van der Waals surface area contributed by atoms with E-state index in [0.29, 0.717) is 19.4 Å². The molecule has 0 unspecified atom stereocenters. The first-order valence-electron chi connectivity index (χ1n) is 7.14. The van der Waals surface area contributed by atoms with Crippen LogP contribution in [0.5, 0.6) is 0 Å². The lowest BCUT2D eigenvalue weighted by atomic mass is 9.79. The minimum Gasteiger partial charge on any atom is -0.481 e. The van der Waals surface area contributed by atoms with E-state index in [0.717, 1.165) is 12.8 Å². The van der Waals surface area contributed by atoms with Crippen LogP contribution in [0.2, 0.25) is 0 Å². The van der Waals surface area contributed by atoms with E-state index in [-0.39, 0.29) is 6.04 Å². The molecule has 5 heteroatoms. The first-order chi connectivity index (χ1) is 9.26. The Morgan fingerprint density at radius 3 is 2.65 bits per heavy atom. The number of carboxylic acids is 1. The molecule has 1 fully saturated rings. The molecule has 1 saturated carbocycles. The van der Waals surface area contributed by atoms with Crippen LogP contribution in [0.15, 0.2) is 12.2 Å². The van der Waals surface area contributed by atoms with Crippen LogP contribution in [0, 0.1) is 5.41 Å². The second kappa shape index (κ2) is 5.11. The Hall–Kier alpha value is -1.52. The van der Waals surface area contributed by atoms with Crippen LogP contribution < -0.4 is 0 Å². The summed E-state index contributed by atoms with van der Waals surface area (Å²) in [7, 11) is 0. The molecule has 0 spiro atoms. The lowest BCUT2D eigenvalue weighted by molar-refractivity contribution is -0.151. The SMILES string of the molecule is CC(C)(C)OC(=O)N1CC=CC[C@@]2(C(=O)O)CCC[C@H]12. The third-order valence-electron chi connectivity index (χ3n) is 4.12. The van der Waals surface area contributed by atoms with Crippen molar-refractivity contribution in [2.45, 2.75) is 58.1 Å². The average Bonchev–Trinajstić information content (AvgIpc) is 2.63. The molecule has 1 aliphatic carbocycles. The normalized spacial score (nSPS) is 29.8. The molecule has 1 N–H and O–H groups in total. The van der Waals surface area contributed by atoms with Crippen molar-refractivity contribution in [3.63, 3.8) is 0 Å². The van der Waals surface area contributed by atoms with Crippen LogP contribution >= 0.6 is 0 Å². The van der Waals surface area contributed by atoms with Gasteiger partial charge in [-0.25, -0.2) is 4.79 Å². The third kappa shape index (κ3) is 2.67. The minimum atomic E-state index is -0.843. The fraction of sp³-hybridized carbons (Fsp3) is 0.733. The van der Waals surface area contributed by atoms with Crippen molar-refractivity contribution in [3.8, 4) is 0 Å². The van der Waals surface area contributed by atoms with Crippen molar-refractivity contribution in [3.05, 3.63) is 12.2 Å². The van der Waals surface area contributed by atoms with Crippen molar-refractivity contribution in [2.24, 2.45) is 5.41 Å². The fourth-order valence-corrected chi connectivity index (χ4v) is 3.21. The standard InChI is InChI=1S/C15H23NO4/c1-14(2,3)20-13(19)16-10-5-4-8-15(12(17)18)9-6-7-11(15)16/h4-5,11H,6-10H2,1-3H3,(H,17,18)/t11-,15+/m0/s1. The van der Waals surface area contributed by atoms with Crippen molar-refractivity contribution in [1.29, 1.82) is 0 Å². The monoisotopic (exact) mass is 281 g/mol. The lowest BCUT2D eigenvalue weighted by Gasteiger charge is -2.37. The summed E-state index contributed by atoms with van der Waals surface area (Å²) >= 11 is 0. The van der Waals surface area contributed by atoms with Crippen LogP contribution in [0.1, 0.15) is 46.5 Å². The van der Waals surface area contributed by atoms with Gasteiger partial charge in [-0.05, 0) is 40.0 Å². The number of allylic oxidation sites excluding steroid dienone is 1. The van der Waals surface area contributed by atoms with E-state index in [9.17, 15) is 14.7 Å². The van der Waals surface area contributed by atoms with Gasteiger partial charge in [0.05, 0.1) is 11.5 Å². The summed E-state index contributed by atoms with van der Waals surface area (Å²) in [5.74, 6) is -0.805. The number of hydrogen-bond acceptors (Lipinski definition) is 3. The molecule has 112 valence electrons. The van der Waals surface area contributed by atoms with Crippen molar-refractivity contribution < 1.29 is 19.4 Å². The number of hydrogen-bond donors (Lipinski definition) is 1. The van der Waals surface area contributed by atoms with Gasteiger partial charge < -0.3 is 14.7 Å². The van der Waals surface area contributed by atoms with E-state index in [1.807, 2.05) is 32.9 Å². The number of carbonyl (C=O) groups excluding carboxylic acids is 1. The summed E-state index contributed by atoms with van der Waals surface area (Å²) in [5, 5.41) is 9.64. The van der Waals surface area contributed by atoms with Gasteiger partial charge in [0.1, 0.15) is 5.60 Å². The highest BCUT2D eigenvalue weighted by molar-refractivity contribution is 5.78. The molecule has 0 aromatic rings. The van der Waals surface area contributed by atoms with Crippen molar-refractivity contribution in [1.82, 2.24) is 4.90 Å². The summed E-state index contributed by atoms with van der Waals surface area (Å²) in [5.41, 5.74) is -1.42. The van der Waals surface area contributed by atoms with Gasteiger partial charge in [-0.1, -0.05) is 18.6 Å². The van der Waals surface area contributed by atoms with Gasteiger partial charge >= 0.3 is 12.1 Å². The number of carbonyl (C=O) groups is 2. The number of fused-ring (bicyclic) bond motifs is 1. The van der Waals surface area contributed by atoms with Gasteiger partial charge in [0.25, 0.3) is 0 Å². The summed E-state index contributed by atoms with van der Waals surface area (Å²) in [6.45, 7) is 5.88. The lowest BCUT2D eigenvalue weighted by Crippen LogP contribution is -2.51. The molecule has 1 aliphatic heterocycles. The molecule has 0 radical (unpaired) electrons. The number of nitrogens with zero attached hydrogens (tertiary/aromatic N) is 1. The van der Waals surface area contributed by atoms with E-state index in [1.165, 1.54) is 0 Å². The summed E-state index contributed by atoms with van der Waals surface area (Å²) in [4.78, 5) is 25.7. The molecule has 20 heavy (non-hydrogen) atoms. The number of ether oxygens (including phenoxy) is 1. The van der Waals surface area contributed by atoms with E-state index >= 15 is 0 Å². The van der Waals surface area contributed by atoms with Crippen LogP contribution in [0.4, 0.5) is 4.79 Å². The first-order valence-corrected chi connectivity index (χ1v) is 7.14. The van der Waals surface area contributed by atoms with Gasteiger partial charge in [0.15, 0.2) is 0 Å². The van der Waals surface area contributed by atoms with Gasteiger partial charge in [-0.15, -0.1) is 0 Å². The quantitative estimate of drug-likeness (QED) is 0.750. The van der Waals surface area contributed by atoms with E-state index in [2.05, 4.69) is 0 Å². The molecule has 5 nitrogen and oxygen atoms in total. The second-order valence-corrected chi connectivity index (χ2v) is 6.68. The highest BCUT2D eigenvalue weighted by Gasteiger charge is 2.53. The molecule has 2 atom stereocenters. The van der Waals surface area contributed by atoms with Crippen LogP contribution in [-0.4, -0.2) is 40.3 Å². The van der Waals surface area contributed by atoms with E-state index < -0.39 is 23.1 Å². The van der Waals surface area contributed by atoms with E-state index in [4.69, 9.17) is 4.74 Å². The maximum Gasteiger partial charge on any atom is 0.410 e. The maximum absolute atomic E-state index is 12.4. The Morgan fingerprint density at radius 1 is 1.35 bits per heavy atom. The second-order valence-electron chi connectivity index (χ2n) is 6.68. The predicted octanol–water partition coefficient (Wildman–Crippen LogP) is 2.81. The highest BCUT2D eigenvalue weighted by Crippen LogP contribution is 2.46. The average molecular weight is 281 g/mol. The van der Waals surface area contributed by atoms with Gasteiger partial charge in [0.2, 0.25) is 0 Å². The molecular weight excluding hydrogens is 258 g/mol. The number of amides is 1. The summed E-state index contributed by atoms with van der Waals surface area (Å²) in [6, 6.07) is -0.273. The molecule has 2 rings (SSSR count). The Labute approximate surface area is 119 Å². The van der Waals surface area contributed by atoms with Gasteiger partial charge in [0, 0.05) is 6.54 Å². The summed E-state index contributed by atoms with van der Waals surface area (Å²) in [6.07, 6.45) is 6.02. The Balaban J connectivity index is 2.27. The Bertz CT molecular complexity index is 438. The number of carboxylic acid groups (broad SMARTS) is 1. The van der Waals surface area contributed by atoms with Crippen LogP contribution in [-0.2, 0) is 9.53 Å². The molecule has 0 aromatic carbocycles. The highest BCUT2D eigenvalue weighted by atomic mass is 16.6. The van der Waals surface area contributed by atoms with E-state index in [1.54, 1.807) is 4.90 Å². The molecule has 0 aromatic heterocycles. The van der Waals surface area contributed by atoms with Crippen LogP contribution in [0.3, 0.4) is 0 Å². The first kappa shape index (κ1) is 14.9. The molecule has 1 amide bonds. The fourth-order valence-electron chi connectivity index (χ4n) is 3.21. The molecular formula is C15H23NO4. The zero-order valence-corrected chi connectivity index (χ0v) is 12.4. The molecule has 1 heterocycles. The predicted molar refractivity (Wildman–Crippen MR) is 74.4 cm³/mol. The topological polar surface area (TPSA) is 66.8 Å². The largest absolute Gasteiger partial charge is 0.481 e. The number of aliphatic carboxylic acids is 1. The Morgan fingerprint density at radius 2 is 2.05 bits per heavy atom. The zero-order chi connectivity index (χ0) is 15.0. The molecule has 0 saturated heterocycles. The van der Waals surface area contributed by atoms with Gasteiger partial charge in [-0.3, -0.25) is 4.79 Å². The third-order valence-corrected chi connectivity index (χ3v) is 4.12. The van der Waals surface area contributed by atoms with Gasteiger partial charge in [-0.2, -0.15) is 0 Å². The molecule has 0 bridgehead atoms. The van der Waals surface area contributed by atoms with Crippen LogP contribution in [0.25, 0.3) is 0 Å².